The molecule has 0 bridgehead atoms. The van der Waals surface area contributed by atoms with E-state index in [1.54, 1.807) is 0 Å². The van der Waals surface area contributed by atoms with E-state index in [0.29, 0.717) is 5.92 Å². The van der Waals surface area contributed by atoms with Crippen molar-refractivity contribution in [2.24, 2.45) is 11.8 Å². The van der Waals surface area contributed by atoms with Crippen LogP contribution in [0.3, 0.4) is 0 Å². The quantitative estimate of drug-likeness (QED) is 0.582. The summed E-state index contributed by atoms with van der Waals surface area (Å²) in [5.74, 6) is 6.04. The van der Waals surface area contributed by atoms with E-state index in [-0.39, 0.29) is 12.1 Å². The van der Waals surface area contributed by atoms with Gasteiger partial charge in [0.05, 0.1) is 12.1 Å². The summed E-state index contributed by atoms with van der Waals surface area (Å²) in [6, 6.07) is 0.0775. The number of nitrogens with two attached hydrogens (primary N) is 1. The van der Waals surface area contributed by atoms with Crippen LogP contribution < -0.4 is 11.3 Å². The van der Waals surface area contributed by atoms with E-state index in [1.165, 1.54) is 6.33 Å². The molecule has 3 atom stereocenters. The van der Waals surface area contributed by atoms with Gasteiger partial charge in [-0.3, -0.25) is 11.3 Å². The number of nitrogens with one attached hydrogen (secondary N) is 1. The van der Waals surface area contributed by atoms with E-state index in [1.807, 2.05) is 12.4 Å². The summed E-state index contributed by atoms with van der Waals surface area (Å²) < 4.78 is 5.68. The van der Waals surface area contributed by atoms with Crippen molar-refractivity contribution in [2.45, 2.75) is 31.9 Å². The zero-order valence-corrected chi connectivity index (χ0v) is 9.47. The molecule has 88 valence electrons. The SMILES string of the molecule is CCC1OCCC1C(NN)c1cncnc1. The third-order valence-corrected chi connectivity index (χ3v) is 3.21. The number of hydrogen-bond acceptors (Lipinski definition) is 5. The van der Waals surface area contributed by atoms with E-state index in [9.17, 15) is 0 Å². The zero-order chi connectivity index (χ0) is 11.4. The molecule has 3 N–H and O–H groups in total. The summed E-state index contributed by atoms with van der Waals surface area (Å²) in [4.78, 5) is 8.06. The Labute approximate surface area is 95.4 Å². The standard InChI is InChI=1S/C11H18N4O/c1-2-10-9(3-4-16-10)11(15-12)8-5-13-7-14-6-8/h5-7,9-11,15H,2-4,12H2,1H3. The van der Waals surface area contributed by atoms with Crippen molar-refractivity contribution >= 4 is 0 Å². The molecule has 0 saturated carbocycles. The molecule has 2 rings (SSSR count). The number of ether oxygens (including phenoxy) is 1. The van der Waals surface area contributed by atoms with Gasteiger partial charge in [-0.05, 0) is 12.8 Å². The maximum absolute atomic E-state index is 5.68. The van der Waals surface area contributed by atoms with Crippen LogP contribution in [0.2, 0.25) is 0 Å². The van der Waals surface area contributed by atoms with E-state index < -0.39 is 0 Å². The normalized spacial score (nSPS) is 26.9. The lowest BCUT2D eigenvalue weighted by Crippen LogP contribution is -2.37. The predicted molar refractivity (Wildman–Crippen MR) is 60.2 cm³/mol. The first kappa shape index (κ1) is 11.4. The molecule has 2 heterocycles. The Bertz CT molecular complexity index is 319. The third-order valence-electron chi connectivity index (χ3n) is 3.21. The lowest BCUT2D eigenvalue weighted by molar-refractivity contribution is 0.0773. The van der Waals surface area contributed by atoms with E-state index in [2.05, 4.69) is 22.3 Å². The minimum Gasteiger partial charge on any atom is -0.378 e. The van der Waals surface area contributed by atoms with Crippen molar-refractivity contribution in [1.82, 2.24) is 15.4 Å². The van der Waals surface area contributed by atoms with Gasteiger partial charge in [-0.2, -0.15) is 0 Å². The van der Waals surface area contributed by atoms with Crippen molar-refractivity contribution in [3.63, 3.8) is 0 Å². The second kappa shape index (κ2) is 5.34. The van der Waals surface area contributed by atoms with Crippen LogP contribution in [0.5, 0.6) is 0 Å². The molecule has 1 aliphatic heterocycles. The van der Waals surface area contributed by atoms with Crippen LogP contribution in [0.4, 0.5) is 0 Å². The van der Waals surface area contributed by atoms with Crippen molar-refractivity contribution in [3.05, 3.63) is 24.3 Å². The Morgan fingerprint density at radius 3 is 2.94 bits per heavy atom. The van der Waals surface area contributed by atoms with Crippen LogP contribution in [0.15, 0.2) is 18.7 Å². The van der Waals surface area contributed by atoms with E-state index in [0.717, 1.165) is 25.0 Å². The first-order chi connectivity index (χ1) is 7.86. The van der Waals surface area contributed by atoms with Gasteiger partial charge in [0.15, 0.2) is 0 Å². The zero-order valence-electron chi connectivity index (χ0n) is 9.47. The number of aromatic nitrogens is 2. The van der Waals surface area contributed by atoms with Crippen LogP contribution in [-0.4, -0.2) is 22.7 Å². The van der Waals surface area contributed by atoms with Crippen molar-refractivity contribution in [2.75, 3.05) is 6.61 Å². The lowest BCUT2D eigenvalue weighted by atomic mass is 9.88. The van der Waals surface area contributed by atoms with Crippen molar-refractivity contribution < 1.29 is 4.74 Å². The van der Waals surface area contributed by atoms with Crippen LogP contribution in [-0.2, 0) is 4.74 Å². The summed E-state index contributed by atoms with van der Waals surface area (Å²) in [5, 5.41) is 0. The Hall–Kier alpha value is -1.04. The molecule has 0 spiro atoms. The molecule has 0 radical (unpaired) electrons. The van der Waals surface area contributed by atoms with Crippen LogP contribution >= 0.6 is 0 Å². The van der Waals surface area contributed by atoms with Crippen LogP contribution in [0, 0.1) is 5.92 Å². The summed E-state index contributed by atoms with van der Waals surface area (Å²) in [5.41, 5.74) is 3.89. The molecular formula is C11H18N4O. The second-order valence-corrected chi connectivity index (χ2v) is 4.09. The topological polar surface area (TPSA) is 73.1 Å². The Morgan fingerprint density at radius 2 is 2.31 bits per heavy atom. The molecule has 5 nitrogen and oxygen atoms in total. The van der Waals surface area contributed by atoms with Crippen LogP contribution in [0.25, 0.3) is 0 Å². The van der Waals surface area contributed by atoms with Gasteiger partial charge >= 0.3 is 0 Å². The molecule has 0 aromatic carbocycles. The molecule has 1 aromatic rings. The molecule has 1 aromatic heterocycles. The van der Waals surface area contributed by atoms with Gasteiger partial charge in [0.1, 0.15) is 6.33 Å². The highest BCUT2D eigenvalue weighted by atomic mass is 16.5. The maximum atomic E-state index is 5.68. The molecule has 3 unspecified atom stereocenters. The molecule has 1 saturated heterocycles. The third kappa shape index (κ3) is 2.21. The summed E-state index contributed by atoms with van der Waals surface area (Å²) in [7, 11) is 0. The fourth-order valence-electron chi connectivity index (χ4n) is 2.41. The summed E-state index contributed by atoms with van der Waals surface area (Å²) >= 11 is 0. The molecular weight excluding hydrogens is 204 g/mol. The Morgan fingerprint density at radius 1 is 1.56 bits per heavy atom. The Kier molecular flexibility index (Phi) is 3.82. The van der Waals surface area contributed by atoms with Crippen LogP contribution in [0.1, 0.15) is 31.4 Å². The number of nitrogens with zero attached hydrogens (tertiary/aromatic N) is 2. The summed E-state index contributed by atoms with van der Waals surface area (Å²) in [6.45, 7) is 2.95. The minimum atomic E-state index is 0.0775. The molecule has 0 aliphatic carbocycles. The van der Waals surface area contributed by atoms with E-state index >= 15 is 0 Å². The average Bonchev–Trinajstić information content (AvgIpc) is 2.80. The fourth-order valence-corrected chi connectivity index (χ4v) is 2.41. The molecule has 1 aliphatic rings. The molecule has 0 amide bonds. The Balaban J connectivity index is 2.16. The lowest BCUT2D eigenvalue weighted by Gasteiger charge is -2.26. The number of hydrazine groups is 1. The molecule has 5 heteroatoms. The van der Waals surface area contributed by atoms with Gasteiger partial charge in [0, 0.05) is 30.5 Å². The number of hydrogen-bond donors (Lipinski definition) is 2. The van der Waals surface area contributed by atoms with Gasteiger partial charge in [0.2, 0.25) is 0 Å². The maximum Gasteiger partial charge on any atom is 0.115 e. The fraction of sp³-hybridized carbons (Fsp3) is 0.636. The second-order valence-electron chi connectivity index (χ2n) is 4.09. The first-order valence-electron chi connectivity index (χ1n) is 5.69. The largest absolute Gasteiger partial charge is 0.378 e. The van der Waals surface area contributed by atoms with Gasteiger partial charge in [0.25, 0.3) is 0 Å². The highest BCUT2D eigenvalue weighted by Gasteiger charge is 2.34. The van der Waals surface area contributed by atoms with Gasteiger partial charge < -0.3 is 4.74 Å². The molecule has 16 heavy (non-hydrogen) atoms. The smallest absolute Gasteiger partial charge is 0.115 e. The monoisotopic (exact) mass is 222 g/mol. The highest BCUT2D eigenvalue weighted by Crippen LogP contribution is 2.33. The van der Waals surface area contributed by atoms with Gasteiger partial charge in [-0.15, -0.1) is 0 Å². The first-order valence-corrected chi connectivity index (χ1v) is 5.69. The average molecular weight is 222 g/mol. The van der Waals surface area contributed by atoms with E-state index in [4.69, 9.17) is 10.6 Å². The van der Waals surface area contributed by atoms with Gasteiger partial charge in [-0.1, -0.05) is 6.92 Å². The molecule has 1 fully saturated rings. The van der Waals surface area contributed by atoms with Crippen molar-refractivity contribution in [3.8, 4) is 0 Å². The number of rotatable bonds is 4. The predicted octanol–water partition coefficient (Wildman–Crippen LogP) is 0.796. The van der Waals surface area contributed by atoms with Gasteiger partial charge in [-0.25, -0.2) is 9.97 Å². The highest BCUT2D eigenvalue weighted by molar-refractivity contribution is 5.11. The summed E-state index contributed by atoms with van der Waals surface area (Å²) in [6.07, 6.45) is 7.46. The van der Waals surface area contributed by atoms with Crippen molar-refractivity contribution in [1.29, 1.82) is 0 Å². The minimum absolute atomic E-state index is 0.0775.